The zero-order chi connectivity index (χ0) is 14.4. The van der Waals surface area contributed by atoms with Crippen molar-refractivity contribution in [2.75, 3.05) is 18.9 Å². The molecule has 1 aromatic carbocycles. The molecule has 110 valence electrons. The van der Waals surface area contributed by atoms with E-state index in [0.29, 0.717) is 13.0 Å². The molecule has 0 unspecified atom stereocenters. The molecule has 4 nitrogen and oxygen atoms in total. The van der Waals surface area contributed by atoms with Crippen molar-refractivity contribution in [3.63, 3.8) is 0 Å². The van der Waals surface area contributed by atoms with E-state index in [1.165, 1.54) is 19.3 Å². The molecule has 1 amide bonds. The average Bonchev–Trinajstić information content (AvgIpc) is 2.37. The van der Waals surface area contributed by atoms with Crippen LogP contribution in [-0.2, 0) is 11.3 Å². The van der Waals surface area contributed by atoms with E-state index in [1.807, 2.05) is 24.3 Å². The predicted molar refractivity (Wildman–Crippen MR) is 82.5 cm³/mol. The number of hydrogen-bond donors (Lipinski definition) is 2. The lowest BCUT2D eigenvalue weighted by Crippen LogP contribution is -2.37. The van der Waals surface area contributed by atoms with Crippen LogP contribution in [0.5, 0.6) is 0 Å². The molecule has 0 aliphatic heterocycles. The first-order valence-corrected chi connectivity index (χ1v) is 7.48. The first-order chi connectivity index (χ1) is 9.70. The number of carbonyl (C=O) groups excluding carboxylic acids is 1. The van der Waals surface area contributed by atoms with Gasteiger partial charge in [0.15, 0.2) is 0 Å². The lowest BCUT2D eigenvalue weighted by atomic mass is 9.92. The van der Waals surface area contributed by atoms with Crippen LogP contribution in [0.25, 0.3) is 0 Å². The highest BCUT2D eigenvalue weighted by molar-refractivity contribution is 5.91. The highest BCUT2D eigenvalue weighted by Gasteiger charge is 2.21. The summed E-state index contributed by atoms with van der Waals surface area (Å²) in [6.45, 7) is 1.44. The van der Waals surface area contributed by atoms with Crippen LogP contribution in [0.2, 0.25) is 0 Å². The van der Waals surface area contributed by atoms with E-state index >= 15 is 0 Å². The number of benzene rings is 1. The van der Waals surface area contributed by atoms with Gasteiger partial charge in [-0.1, -0.05) is 24.6 Å². The van der Waals surface area contributed by atoms with Gasteiger partial charge in [0.05, 0.1) is 0 Å². The highest BCUT2D eigenvalue weighted by Crippen LogP contribution is 2.23. The Kier molecular flexibility index (Phi) is 5.56. The van der Waals surface area contributed by atoms with E-state index in [4.69, 9.17) is 5.73 Å². The molecule has 0 heterocycles. The van der Waals surface area contributed by atoms with Gasteiger partial charge in [0.1, 0.15) is 0 Å². The standard InChI is InChI=1S/C16H25N3O/c1-19(14-7-4-8-14)11-5-10-16(20)18-15-9-3-2-6-13(15)12-17/h2-3,6,9,14H,4-5,7-8,10-12,17H2,1H3,(H,18,20). The number of rotatable bonds is 7. The van der Waals surface area contributed by atoms with E-state index in [2.05, 4.69) is 17.3 Å². The summed E-state index contributed by atoms with van der Waals surface area (Å²) in [5.74, 6) is 0.0768. The minimum Gasteiger partial charge on any atom is -0.326 e. The van der Waals surface area contributed by atoms with Gasteiger partial charge in [-0.2, -0.15) is 0 Å². The molecule has 3 N–H and O–H groups in total. The van der Waals surface area contributed by atoms with Crippen LogP contribution < -0.4 is 11.1 Å². The van der Waals surface area contributed by atoms with Crippen LogP contribution in [0.3, 0.4) is 0 Å². The number of hydrogen-bond acceptors (Lipinski definition) is 3. The van der Waals surface area contributed by atoms with E-state index in [9.17, 15) is 4.79 Å². The first-order valence-electron chi connectivity index (χ1n) is 7.48. The molecule has 1 fully saturated rings. The zero-order valence-electron chi connectivity index (χ0n) is 12.3. The minimum atomic E-state index is 0.0768. The van der Waals surface area contributed by atoms with Crippen LogP contribution in [0.4, 0.5) is 5.69 Å². The third-order valence-corrected chi connectivity index (χ3v) is 4.12. The largest absolute Gasteiger partial charge is 0.326 e. The van der Waals surface area contributed by atoms with Gasteiger partial charge >= 0.3 is 0 Å². The molecule has 20 heavy (non-hydrogen) atoms. The van der Waals surface area contributed by atoms with Gasteiger partial charge in [0.2, 0.25) is 5.91 Å². The summed E-state index contributed by atoms with van der Waals surface area (Å²) in [6, 6.07) is 8.45. The first kappa shape index (κ1) is 15.0. The maximum atomic E-state index is 11.9. The summed E-state index contributed by atoms with van der Waals surface area (Å²) in [7, 11) is 2.16. The Balaban J connectivity index is 1.72. The SMILES string of the molecule is CN(CCCC(=O)Nc1ccccc1CN)C1CCC1. The van der Waals surface area contributed by atoms with Crippen LogP contribution >= 0.6 is 0 Å². The van der Waals surface area contributed by atoms with Crippen LogP contribution in [-0.4, -0.2) is 30.4 Å². The van der Waals surface area contributed by atoms with Gasteiger partial charge in [-0.15, -0.1) is 0 Å². The minimum absolute atomic E-state index is 0.0768. The summed E-state index contributed by atoms with van der Waals surface area (Å²) < 4.78 is 0. The quantitative estimate of drug-likeness (QED) is 0.803. The number of para-hydroxylation sites is 1. The topological polar surface area (TPSA) is 58.4 Å². The molecule has 0 radical (unpaired) electrons. The van der Waals surface area contributed by atoms with Crippen molar-refractivity contribution in [3.8, 4) is 0 Å². The van der Waals surface area contributed by atoms with Crippen LogP contribution in [0.15, 0.2) is 24.3 Å². The number of anilines is 1. The van der Waals surface area contributed by atoms with Crippen molar-refractivity contribution in [2.24, 2.45) is 5.73 Å². The molecular weight excluding hydrogens is 250 g/mol. The molecule has 1 aliphatic rings. The van der Waals surface area contributed by atoms with Crippen LogP contribution in [0.1, 0.15) is 37.7 Å². The van der Waals surface area contributed by atoms with Gasteiger partial charge in [0, 0.05) is 24.7 Å². The molecule has 1 saturated carbocycles. The van der Waals surface area contributed by atoms with E-state index < -0.39 is 0 Å². The molecule has 0 atom stereocenters. The van der Waals surface area contributed by atoms with Gasteiger partial charge in [0.25, 0.3) is 0 Å². The Morgan fingerprint density at radius 1 is 1.40 bits per heavy atom. The zero-order valence-corrected chi connectivity index (χ0v) is 12.3. The summed E-state index contributed by atoms with van der Waals surface area (Å²) in [5.41, 5.74) is 7.48. The maximum absolute atomic E-state index is 11.9. The second-order valence-corrected chi connectivity index (χ2v) is 5.58. The predicted octanol–water partition coefficient (Wildman–Crippen LogP) is 2.35. The lowest BCUT2D eigenvalue weighted by Gasteiger charge is -2.34. The van der Waals surface area contributed by atoms with Crippen molar-refractivity contribution in [1.82, 2.24) is 4.90 Å². The molecule has 0 bridgehead atoms. The van der Waals surface area contributed by atoms with Crippen molar-refractivity contribution in [3.05, 3.63) is 29.8 Å². The van der Waals surface area contributed by atoms with Gasteiger partial charge in [-0.3, -0.25) is 4.79 Å². The summed E-state index contributed by atoms with van der Waals surface area (Å²) in [6.07, 6.45) is 5.45. The number of carbonyl (C=O) groups is 1. The van der Waals surface area contributed by atoms with Gasteiger partial charge in [-0.05, 0) is 44.5 Å². The summed E-state index contributed by atoms with van der Waals surface area (Å²) >= 11 is 0. The Bertz CT molecular complexity index is 443. The number of amides is 1. The fraction of sp³-hybridized carbons (Fsp3) is 0.562. The fourth-order valence-corrected chi connectivity index (χ4v) is 2.53. The molecule has 4 heteroatoms. The number of nitrogens with zero attached hydrogens (tertiary/aromatic N) is 1. The molecule has 1 aliphatic carbocycles. The molecule has 0 saturated heterocycles. The molecule has 1 aromatic rings. The smallest absolute Gasteiger partial charge is 0.224 e. The van der Waals surface area contributed by atoms with Crippen LogP contribution in [0, 0.1) is 0 Å². The summed E-state index contributed by atoms with van der Waals surface area (Å²) in [4.78, 5) is 14.3. The molecular formula is C16H25N3O. The second kappa shape index (κ2) is 7.41. The Labute approximate surface area is 121 Å². The molecule has 0 spiro atoms. The Hall–Kier alpha value is -1.39. The average molecular weight is 275 g/mol. The van der Waals surface area contributed by atoms with Gasteiger partial charge in [-0.25, -0.2) is 0 Å². The van der Waals surface area contributed by atoms with E-state index in [-0.39, 0.29) is 5.91 Å². The van der Waals surface area contributed by atoms with Crippen molar-refractivity contribution in [2.45, 2.75) is 44.7 Å². The molecule has 2 rings (SSSR count). The van der Waals surface area contributed by atoms with Crippen molar-refractivity contribution < 1.29 is 4.79 Å². The third-order valence-electron chi connectivity index (χ3n) is 4.12. The Morgan fingerprint density at radius 2 is 2.15 bits per heavy atom. The maximum Gasteiger partial charge on any atom is 0.224 e. The summed E-state index contributed by atoms with van der Waals surface area (Å²) in [5, 5.41) is 2.95. The Morgan fingerprint density at radius 3 is 2.80 bits per heavy atom. The molecule has 0 aromatic heterocycles. The monoisotopic (exact) mass is 275 g/mol. The second-order valence-electron chi connectivity index (χ2n) is 5.58. The van der Waals surface area contributed by atoms with Gasteiger partial charge < -0.3 is 16.0 Å². The number of nitrogens with two attached hydrogens (primary N) is 1. The third kappa shape index (κ3) is 4.05. The highest BCUT2D eigenvalue weighted by atomic mass is 16.1. The van der Waals surface area contributed by atoms with E-state index in [1.54, 1.807) is 0 Å². The fourth-order valence-electron chi connectivity index (χ4n) is 2.53. The lowest BCUT2D eigenvalue weighted by molar-refractivity contribution is -0.116. The normalized spacial score (nSPS) is 15.2. The van der Waals surface area contributed by atoms with Crippen molar-refractivity contribution in [1.29, 1.82) is 0 Å². The van der Waals surface area contributed by atoms with Crippen molar-refractivity contribution >= 4 is 11.6 Å². The van der Waals surface area contributed by atoms with E-state index in [0.717, 1.165) is 30.3 Å². The number of nitrogens with one attached hydrogen (secondary N) is 1.